The van der Waals surface area contributed by atoms with Crippen molar-refractivity contribution >= 4 is 11.6 Å². The molecule has 1 amide bonds. The highest BCUT2D eigenvalue weighted by atomic mass is 16.2. The van der Waals surface area contributed by atoms with Gasteiger partial charge in [0, 0.05) is 12.6 Å². The van der Waals surface area contributed by atoms with Gasteiger partial charge in [-0.3, -0.25) is 10.6 Å². The van der Waals surface area contributed by atoms with Crippen molar-refractivity contribution in [3.8, 4) is 0 Å². The summed E-state index contributed by atoms with van der Waals surface area (Å²) < 4.78 is 0. The standard InChI is InChI=1S/C14H21N3O/c1-10-6-7-12(13(9-10)16-15)14(18)17-8-4-3-5-11(17)2/h6-7,9,11,16H,3-5,8,15H2,1-2H3. The zero-order valence-corrected chi connectivity index (χ0v) is 11.1. The van der Waals surface area contributed by atoms with Crippen LogP contribution in [0.3, 0.4) is 0 Å². The smallest absolute Gasteiger partial charge is 0.256 e. The summed E-state index contributed by atoms with van der Waals surface area (Å²) in [6.07, 6.45) is 3.39. The van der Waals surface area contributed by atoms with Crippen LogP contribution in [-0.2, 0) is 0 Å². The molecule has 98 valence electrons. The molecule has 1 unspecified atom stereocenters. The first-order valence-electron chi connectivity index (χ1n) is 6.51. The Bertz CT molecular complexity index is 445. The van der Waals surface area contributed by atoms with Gasteiger partial charge in [0.15, 0.2) is 0 Å². The van der Waals surface area contributed by atoms with E-state index in [1.807, 2.05) is 30.0 Å². The van der Waals surface area contributed by atoms with E-state index in [4.69, 9.17) is 5.84 Å². The van der Waals surface area contributed by atoms with Gasteiger partial charge in [-0.25, -0.2) is 0 Å². The predicted octanol–water partition coefficient (Wildman–Crippen LogP) is 2.30. The van der Waals surface area contributed by atoms with E-state index in [0.717, 1.165) is 24.9 Å². The molecule has 0 saturated carbocycles. The summed E-state index contributed by atoms with van der Waals surface area (Å²) in [7, 11) is 0. The van der Waals surface area contributed by atoms with Crippen LogP contribution in [-0.4, -0.2) is 23.4 Å². The number of nitrogens with two attached hydrogens (primary N) is 1. The first-order valence-corrected chi connectivity index (χ1v) is 6.51. The lowest BCUT2D eigenvalue weighted by Gasteiger charge is -2.33. The van der Waals surface area contributed by atoms with Gasteiger partial charge in [-0.05, 0) is 50.8 Å². The number of carbonyl (C=O) groups is 1. The van der Waals surface area contributed by atoms with Crippen LogP contribution < -0.4 is 11.3 Å². The second-order valence-corrected chi connectivity index (χ2v) is 5.04. The van der Waals surface area contributed by atoms with Crippen LogP contribution in [0.1, 0.15) is 42.1 Å². The molecule has 2 rings (SSSR count). The van der Waals surface area contributed by atoms with Crippen LogP contribution in [0.15, 0.2) is 18.2 Å². The molecule has 1 heterocycles. The third kappa shape index (κ3) is 2.48. The molecule has 1 aromatic carbocycles. The Hall–Kier alpha value is -1.55. The van der Waals surface area contributed by atoms with Gasteiger partial charge in [-0.15, -0.1) is 0 Å². The summed E-state index contributed by atoms with van der Waals surface area (Å²) in [4.78, 5) is 14.5. The van der Waals surface area contributed by atoms with Gasteiger partial charge >= 0.3 is 0 Å². The molecule has 1 atom stereocenters. The minimum atomic E-state index is 0.0788. The fourth-order valence-electron chi connectivity index (χ4n) is 2.52. The predicted molar refractivity (Wildman–Crippen MR) is 73.3 cm³/mol. The molecule has 4 heteroatoms. The summed E-state index contributed by atoms with van der Waals surface area (Å²) >= 11 is 0. The maximum atomic E-state index is 12.5. The average Bonchev–Trinajstić information content (AvgIpc) is 2.38. The average molecular weight is 247 g/mol. The summed E-state index contributed by atoms with van der Waals surface area (Å²) in [5, 5.41) is 0. The van der Waals surface area contributed by atoms with Gasteiger partial charge in [-0.2, -0.15) is 0 Å². The summed E-state index contributed by atoms with van der Waals surface area (Å²) in [5.74, 6) is 5.58. The number of nitrogens with one attached hydrogen (secondary N) is 1. The maximum Gasteiger partial charge on any atom is 0.256 e. The molecule has 3 N–H and O–H groups in total. The zero-order valence-electron chi connectivity index (χ0n) is 11.1. The van der Waals surface area contributed by atoms with Crippen LogP contribution in [0.4, 0.5) is 5.69 Å². The molecule has 0 spiro atoms. The highest BCUT2D eigenvalue weighted by Gasteiger charge is 2.25. The molecule has 1 aliphatic rings. The lowest BCUT2D eigenvalue weighted by Crippen LogP contribution is -2.42. The number of piperidine rings is 1. The molecular formula is C14H21N3O. The van der Waals surface area contributed by atoms with Crippen molar-refractivity contribution in [2.24, 2.45) is 5.84 Å². The second kappa shape index (κ2) is 5.40. The van der Waals surface area contributed by atoms with E-state index in [2.05, 4.69) is 12.3 Å². The number of benzene rings is 1. The monoisotopic (exact) mass is 247 g/mol. The van der Waals surface area contributed by atoms with Crippen LogP contribution >= 0.6 is 0 Å². The zero-order chi connectivity index (χ0) is 13.1. The van der Waals surface area contributed by atoms with E-state index >= 15 is 0 Å². The van der Waals surface area contributed by atoms with Crippen molar-refractivity contribution in [1.82, 2.24) is 4.90 Å². The van der Waals surface area contributed by atoms with E-state index < -0.39 is 0 Å². The highest BCUT2D eigenvalue weighted by Crippen LogP contribution is 2.23. The number of hydrazine groups is 1. The van der Waals surface area contributed by atoms with Crippen LogP contribution in [0, 0.1) is 6.92 Å². The molecule has 1 aliphatic heterocycles. The van der Waals surface area contributed by atoms with Crippen molar-refractivity contribution in [2.75, 3.05) is 12.0 Å². The maximum absolute atomic E-state index is 12.5. The Morgan fingerprint density at radius 1 is 1.44 bits per heavy atom. The van der Waals surface area contributed by atoms with Gasteiger partial charge in [-0.1, -0.05) is 6.07 Å². The van der Waals surface area contributed by atoms with E-state index in [1.165, 1.54) is 6.42 Å². The summed E-state index contributed by atoms with van der Waals surface area (Å²) in [6, 6.07) is 6.02. The van der Waals surface area contributed by atoms with Crippen LogP contribution in [0.5, 0.6) is 0 Å². The van der Waals surface area contributed by atoms with Crippen LogP contribution in [0.2, 0.25) is 0 Å². The fraction of sp³-hybridized carbons (Fsp3) is 0.500. The molecular weight excluding hydrogens is 226 g/mol. The highest BCUT2D eigenvalue weighted by molar-refractivity contribution is 5.99. The van der Waals surface area contributed by atoms with Gasteiger partial charge in [0.1, 0.15) is 0 Å². The number of carbonyl (C=O) groups excluding carboxylic acids is 1. The van der Waals surface area contributed by atoms with Crippen molar-refractivity contribution in [3.05, 3.63) is 29.3 Å². The fourth-order valence-corrected chi connectivity index (χ4v) is 2.52. The second-order valence-electron chi connectivity index (χ2n) is 5.04. The molecule has 0 aromatic heterocycles. The normalized spacial score (nSPS) is 19.7. The Labute approximate surface area is 108 Å². The summed E-state index contributed by atoms with van der Waals surface area (Å²) in [6.45, 7) is 4.94. The van der Waals surface area contributed by atoms with Gasteiger partial charge in [0.25, 0.3) is 5.91 Å². The molecule has 0 radical (unpaired) electrons. The third-order valence-electron chi connectivity index (χ3n) is 3.62. The Balaban J connectivity index is 2.27. The van der Waals surface area contributed by atoms with Crippen molar-refractivity contribution in [3.63, 3.8) is 0 Å². The van der Waals surface area contributed by atoms with Crippen LogP contribution in [0.25, 0.3) is 0 Å². The molecule has 0 bridgehead atoms. The number of anilines is 1. The van der Waals surface area contributed by atoms with E-state index in [9.17, 15) is 4.79 Å². The molecule has 0 aliphatic carbocycles. The third-order valence-corrected chi connectivity index (χ3v) is 3.62. The topological polar surface area (TPSA) is 58.4 Å². The van der Waals surface area contributed by atoms with E-state index in [0.29, 0.717) is 17.3 Å². The molecule has 18 heavy (non-hydrogen) atoms. The lowest BCUT2D eigenvalue weighted by atomic mass is 10.0. The minimum Gasteiger partial charge on any atom is -0.336 e. The van der Waals surface area contributed by atoms with Gasteiger partial charge in [0.05, 0.1) is 11.3 Å². The number of likely N-dealkylation sites (tertiary alicyclic amines) is 1. The number of rotatable bonds is 2. The molecule has 1 aromatic rings. The number of amides is 1. The Morgan fingerprint density at radius 3 is 2.89 bits per heavy atom. The number of aryl methyl sites for hydroxylation is 1. The van der Waals surface area contributed by atoms with Crippen molar-refractivity contribution < 1.29 is 4.79 Å². The Kier molecular flexibility index (Phi) is 3.87. The van der Waals surface area contributed by atoms with Crippen molar-refractivity contribution in [2.45, 2.75) is 39.2 Å². The van der Waals surface area contributed by atoms with Gasteiger partial charge < -0.3 is 10.3 Å². The number of nitrogen functional groups attached to an aromatic ring is 1. The summed E-state index contributed by atoms with van der Waals surface area (Å²) in [5.41, 5.74) is 5.08. The first-order chi connectivity index (χ1) is 8.63. The first kappa shape index (κ1) is 12.9. The molecule has 4 nitrogen and oxygen atoms in total. The Morgan fingerprint density at radius 2 is 2.22 bits per heavy atom. The van der Waals surface area contributed by atoms with E-state index in [-0.39, 0.29) is 5.91 Å². The molecule has 1 fully saturated rings. The number of nitrogens with zero attached hydrogens (tertiary/aromatic N) is 1. The molecule has 1 saturated heterocycles. The van der Waals surface area contributed by atoms with Gasteiger partial charge in [0.2, 0.25) is 0 Å². The number of hydrogen-bond acceptors (Lipinski definition) is 3. The number of hydrogen-bond donors (Lipinski definition) is 2. The minimum absolute atomic E-state index is 0.0788. The SMILES string of the molecule is Cc1ccc(C(=O)N2CCCCC2C)c(NN)c1. The largest absolute Gasteiger partial charge is 0.336 e. The lowest BCUT2D eigenvalue weighted by molar-refractivity contribution is 0.0636. The van der Waals surface area contributed by atoms with E-state index in [1.54, 1.807) is 0 Å². The quantitative estimate of drug-likeness (QED) is 0.622. The van der Waals surface area contributed by atoms with Crippen molar-refractivity contribution in [1.29, 1.82) is 0 Å².